The van der Waals surface area contributed by atoms with Crippen LogP contribution in [0.25, 0.3) is 0 Å². The summed E-state index contributed by atoms with van der Waals surface area (Å²) in [6, 6.07) is 0.451. The third-order valence-electron chi connectivity index (χ3n) is 4.81. The number of likely N-dealkylation sites (N-methyl/N-ethyl adjacent to an activating group) is 1. The van der Waals surface area contributed by atoms with Gasteiger partial charge in [0.2, 0.25) is 11.7 Å². The van der Waals surface area contributed by atoms with Crippen molar-refractivity contribution >= 4 is 0 Å². The van der Waals surface area contributed by atoms with Gasteiger partial charge in [-0.05, 0) is 45.6 Å². The van der Waals surface area contributed by atoms with Crippen LogP contribution in [0.2, 0.25) is 0 Å². The molecule has 0 amide bonds. The summed E-state index contributed by atoms with van der Waals surface area (Å²) in [5.74, 6) is 2.50. The van der Waals surface area contributed by atoms with E-state index in [1.807, 2.05) is 14.0 Å². The van der Waals surface area contributed by atoms with E-state index in [4.69, 9.17) is 14.2 Å². The third-order valence-corrected chi connectivity index (χ3v) is 4.81. The lowest BCUT2D eigenvalue weighted by Crippen LogP contribution is -2.31. The molecule has 2 aliphatic carbocycles. The molecule has 5 nitrogen and oxygen atoms in total. The van der Waals surface area contributed by atoms with Gasteiger partial charge in [0, 0.05) is 12.6 Å². The molecule has 1 N–H and O–H groups in total. The highest BCUT2D eigenvalue weighted by Crippen LogP contribution is 2.42. The topological polar surface area (TPSA) is 60.2 Å². The Labute approximate surface area is 126 Å². The minimum atomic E-state index is 0.0336. The van der Waals surface area contributed by atoms with Gasteiger partial charge < -0.3 is 14.6 Å². The van der Waals surface area contributed by atoms with E-state index < -0.39 is 0 Å². The first-order valence-corrected chi connectivity index (χ1v) is 8.45. The molecule has 21 heavy (non-hydrogen) atoms. The number of hydrogen-bond acceptors (Lipinski definition) is 5. The van der Waals surface area contributed by atoms with Crippen LogP contribution in [0, 0.1) is 5.92 Å². The largest absolute Gasteiger partial charge is 0.370 e. The monoisotopic (exact) mass is 293 g/mol. The molecule has 1 aromatic rings. The molecular weight excluding hydrogens is 266 g/mol. The molecule has 0 bridgehead atoms. The lowest BCUT2D eigenvalue weighted by atomic mass is 9.95. The number of nitrogens with zero attached hydrogens (tertiary/aromatic N) is 2. The first-order valence-electron chi connectivity index (χ1n) is 8.45. The van der Waals surface area contributed by atoms with E-state index in [2.05, 4.69) is 10.5 Å². The highest BCUT2D eigenvalue weighted by molar-refractivity contribution is 5.04. The number of aromatic nitrogens is 2. The van der Waals surface area contributed by atoms with E-state index in [1.54, 1.807) is 0 Å². The Morgan fingerprint density at radius 1 is 1.24 bits per heavy atom. The van der Waals surface area contributed by atoms with Crippen molar-refractivity contribution in [2.45, 2.75) is 69.9 Å². The molecule has 2 aliphatic rings. The fourth-order valence-corrected chi connectivity index (χ4v) is 3.46. The Bertz CT molecular complexity index is 444. The lowest BCUT2D eigenvalue weighted by molar-refractivity contribution is 0.0384. The summed E-state index contributed by atoms with van der Waals surface area (Å²) >= 11 is 0. The number of rotatable bonds is 6. The molecule has 1 aromatic heterocycles. The molecule has 3 unspecified atom stereocenters. The van der Waals surface area contributed by atoms with Crippen LogP contribution in [0.3, 0.4) is 0 Å². The zero-order chi connectivity index (χ0) is 14.7. The van der Waals surface area contributed by atoms with Crippen LogP contribution < -0.4 is 5.32 Å². The average Bonchev–Trinajstić information content (AvgIpc) is 3.27. The Balaban J connectivity index is 1.75. The van der Waals surface area contributed by atoms with Crippen molar-refractivity contribution in [1.82, 2.24) is 15.5 Å². The molecule has 0 aliphatic heterocycles. The fraction of sp³-hybridized carbons (Fsp3) is 0.875. The van der Waals surface area contributed by atoms with Gasteiger partial charge in [-0.15, -0.1) is 0 Å². The van der Waals surface area contributed by atoms with Crippen LogP contribution in [0.5, 0.6) is 0 Å². The molecule has 0 aromatic carbocycles. The van der Waals surface area contributed by atoms with E-state index in [1.165, 1.54) is 38.5 Å². The second-order valence-electron chi connectivity index (χ2n) is 6.34. The highest BCUT2D eigenvalue weighted by Gasteiger charge is 2.37. The molecule has 1 heterocycles. The zero-order valence-electron chi connectivity index (χ0n) is 13.2. The molecule has 5 heteroatoms. The smallest absolute Gasteiger partial charge is 0.231 e. The van der Waals surface area contributed by atoms with E-state index in [0.29, 0.717) is 24.5 Å². The maximum Gasteiger partial charge on any atom is 0.231 e. The van der Waals surface area contributed by atoms with Gasteiger partial charge in [0.1, 0.15) is 6.10 Å². The van der Waals surface area contributed by atoms with Gasteiger partial charge >= 0.3 is 0 Å². The highest BCUT2D eigenvalue weighted by atomic mass is 16.5. The van der Waals surface area contributed by atoms with Gasteiger partial charge in [0.15, 0.2) is 0 Å². The fourth-order valence-electron chi connectivity index (χ4n) is 3.46. The van der Waals surface area contributed by atoms with Crippen molar-refractivity contribution in [2.75, 3.05) is 13.7 Å². The SMILES string of the molecule is CCOC(c1noc(C2CCCCCC2NC)n1)C1CC1. The maximum atomic E-state index is 5.83. The van der Waals surface area contributed by atoms with Crippen molar-refractivity contribution in [2.24, 2.45) is 5.92 Å². The summed E-state index contributed by atoms with van der Waals surface area (Å²) in [6.07, 6.45) is 8.64. The molecule has 2 fully saturated rings. The summed E-state index contributed by atoms with van der Waals surface area (Å²) < 4.78 is 11.4. The van der Waals surface area contributed by atoms with Gasteiger partial charge in [0.25, 0.3) is 0 Å². The van der Waals surface area contributed by atoms with Crippen molar-refractivity contribution in [3.63, 3.8) is 0 Å². The Kier molecular flexibility index (Phi) is 4.91. The molecule has 118 valence electrons. The van der Waals surface area contributed by atoms with E-state index in [-0.39, 0.29) is 6.10 Å². The summed E-state index contributed by atoms with van der Waals surface area (Å²) in [5.41, 5.74) is 0. The van der Waals surface area contributed by atoms with Crippen LogP contribution >= 0.6 is 0 Å². The summed E-state index contributed by atoms with van der Waals surface area (Å²) in [5, 5.41) is 7.66. The Morgan fingerprint density at radius 3 is 2.76 bits per heavy atom. The molecule has 3 rings (SSSR count). The minimum Gasteiger partial charge on any atom is -0.370 e. The second kappa shape index (κ2) is 6.88. The Hall–Kier alpha value is -0.940. The van der Waals surface area contributed by atoms with E-state index in [0.717, 1.165) is 18.1 Å². The second-order valence-corrected chi connectivity index (χ2v) is 6.34. The zero-order valence-corrected chi connectivity index (χ0v) is 13.2. The van der Waals surface area contributed by atoms with Gasteiger partial charge in [-0.1, -0.05) is 24.4 Å². The first-order chi connectivity index (χ1) is 10.3. The quantitative estimate of drug-likeness (QED) is 0.816. The van der Waals surface area contributed by atoms with Crippen LogP contribution in [-0.2, 0) is 4.74 Å². The molecule has 0 saturated heterocycles. The lowest BCUT2D eigenvalue weighted by Gasteiger charge is -2.21. The molecule has 0 spiro atoms. The molecule has 2 saturated carbocycles. The predicted molar refractivity (Wildman–Crippen MR) is 80.1 cm³/mol. The van der Waals surface area contributed by atoms with Crippen LogP contribution in [-0.4, -0.2) is 29.8 Å². The van der Waals surface area contributed by atoms with Crippen molar-refractivity contribution in [3.8, 4) is 0 Å². The van der Waals surface area contributed by atoms with Crippen molar-refractivity contribution in [3.05, 3.63) is 11.7 Å². The third kappa shape index (κ3) is 3.46. The van der Waals surface area contributed by atoms with Crippen LogP contribution in [0.4, 0.5) is 0 Å². The number of hydrogen-bond donors (Lipinski definition) is 1. The Morgan fingerprint density at radius 2 is 2.05 bits per heavy atom. The molecular formula is C16H27N3O2. The summed E-state index contributed by atoms with van der Waals surface area (Å²) in [4.78, 5) is 4.71. The maximum absolute atomic E-state index is 5.83. The first kappa shape index (κ1) is 15.0. The van der Waals surface area contributed by atoms with Crippen LogP contribution in [0.15, 0.2) is 4.52 Å². The normalized spacial score (nSPS) is 28.3. The van der Waals surface area contributed by atoms with Gasteiger partial charge in [-0.3, -0.25) is 0 Å². The van der Waals surface area contributed by atoms with E-state index in [9.17, 15) is 0 Å². The number of nitrogens with one attached hydrogen (secondary N) is 1. The van der Waals surface area contributed by atoms with Crippen molar-refractivity contribution in [1.29, 1.82) is 0 Å². The van der Waals surface area contributed by atoms with E-state index >= 15 is 0 Å². The summed E-state index contributed by atoms with van der Waals surface area (Å²) in [7, 11) is 2.04. The van der Waals surface area contributed by atoms with Gasteiger partial charge in [-0.2, -0.15) is 4.98 Å². The standard InChI is InChI=1S/C16H27N3O2/c1-3-20-14(11-9-10-11)15-18-16(21-19-15)12-7-5-4-6-8-13(12)17-2/h11-14,17H,3-10H2,1-2H3. The average molecular weight is 293 g/mol. The van der Waals surface area contributed by atoms with Crippen molar-refractivity contribution < 1.29 is 9.26 Å². The summed E-state index contributed by atoms with van der Waals surface area (Å²) in [6.45, 7) is 2.73. The molecule has 0 radical (unpaired) electrons. The number of ether oxygens (including phenoxy) is 1. The minimum absolute atomic E-state index is 0.0336. The predicted octanol–water partition coefficient (Wildman–Crippen LogP) is 3.19. The van der Waals surface area contributed by atoms with Gasteiger partial charge in [-0.25, -0.2) is 0 Å². The molecule has 3 atom stereocenters. The van der Waals surface area contributed by atoms with Crippen LogP contribution in [0.1, 0.15) is 75.6 Å². The van der Waals surface area contributed by atoms with Gasteiger partial charge in [0.05, 0.1) is 5.92 Å².